The van der Waals surface area contributed by atoms with Crippen LogP contribution >= 0.6 is 0 Å². The summed E-state index contributed by atoms with van der Waals surface area (Å²) in [6.07, 6.45) is 5.50. The van der Waals surface area contributed by atoms with Gasteiger partial charge in [0.2, 0.25) is 0 Å². The van der Waals surface area contributed by atoms with Crippen LogP contribution in [0.15, 0.2) is 18.9 Å². The topological polar surface area (TPSA) is 60.6 Å². The standard InChI is InChI=1S/C11H18N6/c1-3-16-8-13-6-10(16)5-12-7-11-15-14-9-17(11)4-2/h6,8-9,12H,3-5,7H2,1-2H3. The van der Waals surface area contributed by atoms with Crippen LogP contribution in [0.1, 0.15) is 25.4 Å². The van der Waals surface area contributed by atoms with E-state index < -0.39 is 0 Å². The molecule has 0 spiro atoms. The monoisotopic (exact) mass is 234 g/mol. The number of aryl methyl sites for hydroxylation is 2. The molecule has 0 radical (unpaired) electrons. The van der Waals surface area contributed by atoms with Gasteiger partial charge in [0.15, 0.2) is 0 Å². The Bertz CT molecular complexity index is 416. The fourth-order valence-corrected chi connectivity index (χ4v) is 1.76. The lowest BCUT2D eigenvalue weighted by Crippen LogP contribution is -2.18. The van der Waals surface area contributed by atoms with Crippen molar-refractivity contribution in [1.29, 1.82) is 0 Å². The molecule has 2 aromatic rings. The number of imidazole rings is 1. The van der Waals surface area contributed by atoms with Crippen LogP contribution < -0.4 is 5.32 Å². The van der Waals surface area contributed by atoms with Crippen molar-refractivity contribution in [3.8, 4) is 0 Å². The zero-order chi connectivity index (χ0) is 12.1. The Morgan fingerprint density at radius 2 is 1.94 bits per heavy atom. The first-order valence-corrected chi connectivity index (χ1v) is 5.91. The summed E-state index contributed by atoms with van der Waals surface area (Å²) in [5, 5.41) is 11.3. The van der Waals surface area contributed by atoms with Crippen molar-refractivity contribution >= 4 is 0 Å². The van der Waals surface area contributed by atoms with Gasteiger partial charge in [0.05, 0.1) is 18.6 Å². The van der Waals surface area contributed by atoms with Gasteiger partial charge in [-0.1, -0.05) is 0 Å². The smallest absolute Gasteiger partial charge is 0.146 e. The van der Waals surface area contributed by atoms with Crippen LogP contribution in [-0.4, -0.2) is 24.3 Å². The molecule has 0 fully saturated rings. The lowest BCUT2D eigenvalue weighted by Gasteiger charge is -2.07. The summed E-state index contributed by atoms with van der Waals surface area (Å²) in [6.45, 7) is 7.56. The van der Waals surface area contributed by atoms with Gasteiger partial charge in [-0.3, -0.25) is 0 Å². The van der Waals surface area contributed by atoms with Crippen LogP contribution in [0.5, 0.6) is 0 Å². The van der Waals surface area contributed by atoms with Crippen molar-refractivity contribution in [2.75, 3.05) is 0 Å². The van der Waals surface area contributed by atoms with Crippen LogP contribution in [0.3, 0.4) is 0 Å². The molecule has 6 heteroatoms. The fraction of sp³-hybridized carbons (Fsp3) is 0.545. The average molecular weight is 234 g/mol. The molecule has 0 aromatic carbocycles. The highest BCUT2D eigenvalue weighted by Crippen LogP contribution is 2.00. The Labute approximate surface area is 101 Å². The van der Waals surface area contributed by atoms with E-state index >= 15 is 0 Å². The van der Waals surface area contributed by atoms with E-state index in [1.54, 1.807) is 6.33 Å². The first kappa shape index (κ1) is 11.8. The Morgan fingerprint density at radius 3 is 2.71 bits per heavy atom. The molecule has 0 aliphatic heterocycles. The van der Waals surface area contributed by atoms with Crippen LogP contribution in [0.2, 0.25) is 0 Å². The van der Waals surface area contributed by atoms with Crippen LogP contribution in [-0.2, 0) is 26.2 Å². The Kier molecular flexibility index (Phi) is 3.87. The van der Waals surface area contributed by atoms with Crippen molar-refractivity contribution < 1.29 is 0 Å². The van der Waals surface area contributed by atoms with Gasteiger partial charge in [-0.2, -0.15) is 0 Å². The van der Waals surface area contributed by atoms with Gasteiger partial charge in [0.25, 0.3) is 0 Å². The molecule has 1 N–H and O–H groups in total. The summed E-state index contributed by atoms with van der Waals surface area (Å²) < 4.78 is 4.15. The molecule has 0 unspecified atom stereocenters. The molecule has 0 aliphatic rings. The zero-order valence-electron chi connectivity index (χ0n) is 10.3. The fourth-order valence-electron chi connectivity index (χ4n) is 1.76. The maximum Gasteiger partial charge on any atom is 0.146 e. The maximum absolute atomic E-state index is 4.13. The number of rotatable bonds is 6. The van der Waals surface area contributed by atoms with E-state index in [0.717, 1.165) is 32.0 Å². The lowest BCUT2D eigenvalue weighted by atomic mass is 10.4. The third kappa shape index (κ3) is 2.71. The molecule has 0 saturated heterocycles. The predicted molar refractivity (Wildman–Crippen MR) is 64.1 cm³/mol. The Morgan fingerprint density at radius 1 is 1.12 bits per heavy atom. The molecule has 2 heterocycles. The van der Waals surface area contributed by atoms with E-state index in [0.29, 0.717) is 0 Å². The second-order valence-corrected chi connectivity index (χ2v) is 3.81. The summed E-state index contributed by atoms with van der Waals surface area (Å²) in [5.74, 6) is 0.968. The molecule has 0 atom stereocenters. The van der Waals surface area contributed by atoms with Crippen molar-refractivity contribution in [2.24, 2.45) is 0 Å². The summed E-state index contributed by atoms with van der Waals surface area (Å²) >= 11 is 0. The van der Waals surface area contributed by atoms with Gasteiger partial charge in [-0.05, 0) is 13.8 Å². The minimum absolute atomic E-state index is 0.725. The van der Waals surface area contributed by atoms with Crippen molar-refractivity contribution in [3.63, 3.8) is 0 Å². The normalized spacial score (nSPS) is 10.9. The molecular formula is C11H18N6. The summed E-state index contributed by atoms with van der Waals surface area (Å²) in [6, 6.07) is 0. The molecule has 0 amide bonds. The molecule has 0 saturated carbocycles. The van der Waals surface area contributed by atoms with E-state index in [9.17, 15) is 0 Å². The minimum Gasteiger partial charge on any atom is -0.334 e. The van der Waals surface area contributed by atoms with Gasteiger partial charge >= 0.3 is 0 Å². The highest BCUT2D eigenvalue weighted by atomic mass is 15.3. The minimum atomic E-state index is 0.725. The molecule has 6 nitrogen and oxygen atoms in total. The molecule has 0 aliphatic carbocycles. The molecule has 2 aromatic heterocycles. The maximum atomic E-state index is 4.13. The Hall–Kier alpha value is -1.69. The van der Waals surface area contributed by atoms with Crippen LogP contribution in [0.25, 0.3) is 0 Å². The van der Waals surface area contributed by atoms with Gasteiger partial charge < -0.3 is 14.5 Å². The Balaban J connectivity index is 1.87. The summed E-state index contributed by atoms with van der Waals surface area (Å²) in [7, 11) is 0. The number of hydrogen-bond donors (Lipinski definition) is 1. The van der Waals surface area contributed by atoms with E-state index in [1.165, 1.54) is 5.69 Å². The number of aromatic nitrogens is 5. The highest BCUT2D eigenvalue weighted by Gasteiger charge is 2.03. The largest absolute Gasteiger partial charge is 0.334 e. The van der Waals surface area contributed by atoms with Gasteiger partial charge in [0.1, 0.15) is 12.2 Å². The molecule has 0 bridgehead atoms. The predicted octanol–water partition coefficient (Wildman–Crippen LogP) is 0.804. The third-order valence-electron chi connectivity index (χ3n) is 2.76. The van der Waals surface area contributed by atoms with E-state index in [4.69, 9.17) is 0 Å². The second-order valence-electron chi connectivity index (χ2n) is 3.81. The highest BCUT2D eigenvalue weighted by molar-refractivity contribution is 4.98. The average Bonchev–Trinajstić information content (AvgIpc) is 2.97. The van der Waals surface area contributed by atoms with Crippen molar-refractivity contribution in [2.45, 2.75) is 40.0 Å². The molecule has 92 valence electrons. The third-order valence-corrected chi connectivity index (χ3v) is 2.76. The molecule has 17 heavy (non-hydrogen) atoms. The summed E-state index contributed by atoms with van der Waals surface area (Å²) in [4.78, 5) is 4.13. The first-order valence-electron chi connectivity index (χ1n) is 5.91. The number of nitrogens with zero attached hydrogens (tertiary/aromatic N) is 5. The van der Waals surface area contributed by atoms with Gasteiger partial charge in [0, 0.05) is 25.8 Å². The first-order chi connectivity index (χ1) is 8.35. The molecule has 2 rings (SSSR count). The van der Waals surface area contributed by atoms with E-state index in [1.807, 2.05) is 17.1 Å². The number of nitrogens with one attached hydrogen (secondary N) is 1. The SMILES string of the molecule is CCn1cncc1CNCc1nncn1CC. The summed E-state index contributed by atoms with van der Waals surface area (Å²) in [5.41, 5.74) is 1.19. The second kappa shape index (κ2) is 5.58. The van der Waals surface area contributed by atoms with Crippen LogP contribution in [0, 0.1) is 0 Å². The van der Waals surface area contributed by atoms with Gasteiger partial charge in [-0.15, -0.1) is 10.2 Å². The number of hydrogen-bond acceptors (Lipinski definition) is 4. The van der Waals surface area contributed by atoms with E-state index in [-0.39, 0.29) is 0 Å². The van der Waals surface area contributed by atoms with Crippen molar-refractivity contribution in [1.82, 2.24) is 29.6 Å². The van der Waals surface area contributed by atoms with Gasteiger partial charge in [-0.25, -0.2) is 4.98 Å². The zero-order valence-corrected chi connectivity index (χ0v) is 10.3. The van der Waals surface area contributed by atoms with Crippen LogP contribution in [0.4, 0.5) is 0 Å². The quantitative estimate of drug-likeness (QED) is 0.803. The molecular weight excluding hydrogens is 216 g/mol. The van der Waals surface area contributed by atoms with E-state index in [2.05, 4.69) is 38.9 Å². The lowest BCUT2D eigenvalue weighted by molar-refractivity contribution is 0.587. The van der Waals surface area contributed by atoms with Crippen molar-refractivity contribution in [3.05, 3.63) is 30.4 Å².